The number of rotatable bonds is 8. The Morgan fingerprint density at radius 1 is 0.443 bits per heavy atom. The number of phenolic OH excluding ortho intramolecular Hbond substituents is 2. The molecule has 4 N–H and O–H groups in total. The van der Waals surface area contributed by atoms with Crippen molar-refractivity contribution in [2.75, 3.05) is 0 Å². The van der Waals surface area contributed by atoms with Crippen LogP contribution in [0.1, 0.15) is 67.1 Å². The zero-order valence-electron chi connectivity index (χ0n) is 35.6. The molecular weight excluding hydrogens is 917 g/mol. The van der Waals surface area contributed by atoms with Gasteiger partial charge in [0.05, 0.1) is 22.3 Å². The minimum absolute atomic E-state index is 0.0741. The van der Waals surface area contributed by atoms with Crippen molar-refractivity contribution in [2.45, 2.75) is 25.7 Å². The predicted molar refractivity (Wildman–Crippen MR) is 239 cm³/mol. The molecule has 4 heterocycles. The van der Waals surface area contributed by atoms with Gasteiger partial charge in [-0.05, 0) is 90.0 Å². The number of carboxylic acid groups (broad SMARTS) is 2. The first-order chi connectivity index (χ1) is 33.4. The Morgan fingerprint density at radius 2 is 0.857 bits per heavy atom. The van der Waals surface area contributed by atoms with Crippen LogP contribution in [0.25, 0.3) is 66.8 Å². The highest BCUT2D eigenvalue weighted by atomic mass is 16.7. The molecule has 0 saturated carbocycles. The molecule has 10 rings (SSSR count). The number of fused-ring (bicyclic) bond motifs is 4. The lowest BCUT2D eigenvalue weighted by atomic mass is 9.89. The number of benzene rings is 6. The Bertz CT molecular complexity index is 3650. The number of imide groups is 2. The molecule has 2 fully saturated rings. The third-order valence-corrected chi connectivity index (χ3v) is 11.2. The average molecular weight is 947 g/mol. The summed E-state index contributed by atoms with van der Waals surface area (Å²) in [5.41, 5.74) is 0.857. The lowest BCUT2D eigenvalue weighted by Crippen LogP contribution is -2.32. The second kappa shape index (κ2) is 17.7. The second-order valence-electron chi connectivity index (χ2n) is 15.7. The van der Waals surface area contributed by atoms with Crippen molar-refractivity contribution < 1.29 is 77.3 Å². The van der Waals surface area contributed by atoms with E-state index in [0.29, 0.717) is 43.2 Å². The number of nitrogens with zero attached hydrogens (tertiary/aromatic N) is 2. The Morgan fingerprint density at radius 3 is 1.31 bits per heavy atom. The van der Waals surface area contributed by atoms with Crippen LogP contribution in [-0.4, -0.2) is 78.1 Å². The maximum absolute atomic E-state index is 12.8. The molecular formula is C50H30N2O18. The van der Waals surface area contributed by atoms with E-state index in [4.69, 9.17) is 18.5 Å². The van der Waals surface area contributed by atoms with Gasteiger partial charge in [0.2, 0.25) is 0 Å². The van der Waals surface area contributed by atoms with Crippen molar-refractivity contribution in [3.05, 3.63) is 152 Å². The van der Waals surface area contributed by atoms with Crippen LogP contribution in [0.2, 0.25) is 0 Å². The Labute approximate surface area is 389 Å². The van der Waals surface area contributed by atoms with Crippen molar-refractivity contribution in [1.82, 2.24) is 10.1 Å². The molecule has 0 radical (unpaired) electrons. The third kappa shape index (κ3) is 8.38. The number of phenols is 2. The minimum atomic E-state index is -1.36. The van der Waals surface area contributed by atoms with Gasteiger partial charge in [-0.1, -0.05) is 6.07 Å². The third-order valence-electron chi connectivity index (χ3n) is 11.2. The number of aromatic hydroxyl groups is 2. The summed E-state index contributed by atoms with van der Waals surface area (Å²) < 4.78 is 11.6. The molecule has 4 aliphatic heterocycles. The number of hydroxylamine groups is 4. The van der Waals surface area contributed by atoms with Gasteiger partial charge >= 0.3 is 23.9 Å². The fraction of sp³-hybridized carbons (Fsp3) is 0.0800. The van der Waals surface area contributed by atoms with Crippen LogP contribution in [0.5, 0.6) is 11.5 Å². The summed E-state index contributed by atoms with van der Waals surface area (Å²) in [6, 6.07) is 24.0. The SMILES string of the molecule is O=C(ON1C(=O)CCC1=O)c1ccc(-c2c3ccc(=O)cc-3oc3cc(O)ccc23)c(C(=O)O)c1.O=C(ON1C(=O)CCC1=O)c1ccc(C(=O)O)c(-c2c3ccc(=O)cc-3oc3cc(O)ccc23)c1. The van der Waals surface area contributed by atoms with E-state index in [1.165, 1.54) is 97.1 Å². The van der Waals surface area contributed by atoms with Crippen molar-refractivity contribution in [2.24, 2.45) is 0 Å². The molecule has 20 heteroatoms. The summed E-state index contributed by atoms with van der Waals surface area (Å²) in [6.07, 6.45) is -0.304. The van der Waals surface area contributed by atoms with Crippen molar-refractivity contribution in [3.8, 4) is 56.4 Å². The van der Waals surface area contributed by atoms with E-state index in [-0.39, 0.29) is 104 Å². The molecule has 4 aromatic rings. The summed E-state index contributed by atoms with van der Waals surface area (Å²) in [4.78, 5) is 131. The van der Waals surface area contributed by atoms with Crippen LogP contribution in [-0.2, 0) is 28.9 Å². The molecule has 4 amide bonds. The summed E-state index contributed by atoms with van der Waals surface area (Å²) in [7, 11) is 0. The zero-order chi connectivity index (χ0) is 49.7. The predicted octanol–water partition coefficient (Wildman–Crippen LogP) is 6.38. The molecule has 0 atom stereocenters. The molecule has 4 aromatic carbocycles. The van der Waals surface area contributed by atoms with Gasteiger partial charge in [0.1, 0.15) is 34.2 Å². The van der Waals surface area contributed by atoms with Gasteiger partial charge in [-0.15, -0.1) is 10.1 Å². The van der Waals surface area contributed by atoms with Gasteiger partial charge < -0.3 is 38.9 Å². The molecule has 2 saturated heterocycles. The van der Waals surface area contributed by atoms with E-state index < -0.39 is 47.5 Å². The molecule has 6 aliphatic rings. The molecule has 348 valence electrons. The van der Waals surface area contributed by atoms with Gasteiger partial charge in [0.25, 0.3) is 23.6 Å². The number of amides is 4. The fourth-order valence-electron chi connectivity index (χ4n) is 8.02. The van der Waals surface area contributed by atoms with Crippen LogP contribution in [0.15, 0.2) is 128 Å². The minimum Gasteiger partial charge on any atom is -0.508 e. The lowest BCUT2D eigenvalue weighted by Gasteiger charge is -2.18. The largest absolute Gasteiger partial charge is 0.508 e. The molecule has 0 bridgehead atoms. The highest BCUT2D eigenvalue weighted by molar-refractivity contribution is 6.11. The number of carbonyl (C=O) groups is 8. The summed E-state index contributed by atoms with van der Waals surface area (Å²) in [5, 5.41) is 41.3. The summed E-state index contributed by atoms with van der Waals surface area (Å²) in [5.74, 6) is -7.25. The Kier molecular flexibility index (Phi) is 11.4. The molecule has 70 heavy (non-hydrogen) atoms. The van der Waals surface area contributed by atoms with Crippen molar-refractivity contribution in [3.63, 3.8) is 0 Å². The number of carboxylic acids is 2. The van der Waals surface area contributed by atoms with E-state index in [1.54, 1.807) is 6.07 Å². The molecule has 0 aromatic heterocycles. The molecule has 0 spiro atoms. The maximum atomic E-state index is 12.8. The first kappa shape index (κ1) is 45.2. The van der Waals surface area contributed by atoms with Crippen molar-refractivity contribution >= 4 is 69.4 Å². The van der Waals surface area contributed by atoms with Crippen LogP contribution < -0.4 is 10.9 Å². The number of hydrogen-bond donors (Lipinski definition) is 4. The number of aromatic carboxylic acids is 2. The van der Waals surface area contributed by atoms with Gasteiger partial charge in [-0.3, -0.25) is 28.8 Å². The van der Waals surface area contributed by atoms with E-state index >= 15 is 0 Å². The first-order valence-corrected chi connectivity index (χ1v) is 20.8. The summed E-state index contributed by atoms with van der Waals surface area (Å²) in [6.45, 7) is 0. The van der Waals surface area contributed by atoms with E-state index in [2.05, 4.69) is 0 Å². The highest BCUT2D eigenvalue weighted by Crippen LogP contribution is 2.44. The molecule has 2 aliphatic carbocycles. The number of carbonyl (C=O) groups excluding carboxylic acids is 6. The smallest absolute Gasteiger partial charge is 0.363 e. The zero-order valence-corrected chi connectivity index (χ0v) is 35.6. The van der Waals surface area contributed by atoms with Crippen LogP contribution in [0, 0.1) is 0 Å². The monoisotopic (exact) mass is 946 g/mol. The quantitative estimate of drug-likeness (QED) is 0.0948. The molecule has 20 nitrogen and oxygen atoms in total. The Balaban J connectivity index is 0.000000174. The molecule has 0 unspecified atom stereocenters. The number of hydrogen-bond acceptors (Lipinski definition) is 16. The maximum Gasteiger partial charge on any atom is 0.363 e. The van der Waals surface area contributed by atoms with Crippen LogP contribution in [0.4, 0.5) is 0 Å². The topological polar surface area (TPSA) is 303 Å². The van der Waals surface area contributed by atoms with E-state index in [9.17, 15) is 68.4 Å². The van der Waals surface area contributed by atoms with Gasteiger partial charge in [-0.2, -0.15) is 0 Å². The van der Waals surface area contributed by atoms with E-state index in [0.717, 1.165) is 6.07 Å². The summed E-state index contributed by atoms with van der Waals surface area (Å²) >= 11 is 0. The second-order valence-corrected chi connectivity index (χ2v) is 15.7. The van der Waals surface area contributed by atoms with Gasteiger partial charge in [-0.25, -0.2) is 19.2 Å². The first-order valence-electron chi connectivity index (χ1n) is 20.8. The van der Waals surface area contributed by atoms with Gasteiger partial charge in [0.15, 0.2) is 10.9 Å². The van der Waals surface area contributed by atoms with E-state index in [1.807, 2.05) is 0 Å². The normalized spacial score (nSPS) is 13.5. The van der Waals surface area contributed by atoms with Crippen LogP contribution >= 0.6 is 0 Å². The standard InChI is InChI=1S/2C25H15NO9/c27-13-2-5-16-19(10-13)34-20-11-14(28)3-6-17(20)23(16)18-9-12(1-4-15(18)24(31)32)25(33)35-26-21(29)7-8-22(26)30;27-13-2-5-16-19(10-13)34-20-11-14(28)3-6-17(20)23(16)15-4-1-12(9-18(15)24(31)32)25(33)35-26-21(29)7-8-22(26)30/h2*1-6,9-11,27H,7-8H2,(H,31,32). The highest BCUT2D eigenvalue weighted by Gasteiger charge is 2.35. The Hall–Kier alpha value is -9.98. The van der Waals surface area contributed by atoms with Crippen molar-refractivity contribution in [1.29, 1.82) is 0 Å². The van der Waals surface area contributed by atoms with Gasteiger partial charge in [0, 0.05) is 83.0 Å². The van der Waals surface area contributed by atoms with Crippen LogP contribution in [0.3, 0.4) is 0 Å². The fourth-order valence-corrected chi connectivity index (χ4v) is 8.02. The lowest BCUT2D eigenvalue weighted by molar-refractivity contribution is -0.173. The average Bonchev–Trinajstić information content (AvgIpc) is 3.82.